The Morgan fingerprint density at radius 3 is 3.11 bits per heavy atom. The number of nitrogens with zero attached hydrogens (tertiary/aromatic N) is 1. The molecule has 2 rings (SSSR count). The van der Waals surface area contributed by atoms with Crippen molar-refractivity contribution in [3.05, 3.63) is 0 Å². The van der Waals surface area contributed by atoms with Crippen LogP contribution in [-0.2, 0) is 4.79 Å². The molecular weight excluding hydrogens is 226 g/mol. The SMILES string of the molecule is CCN(C)CCNC(=O)[C@@]12CCCC[C@H]1CNC2. The molecule has 1 saturated carbocycles. The molecular formula is C14H27N3O. The summed E-state index contributed by atoms with van der Waals surface area (Å²) in [6.45, 7) is 6.80. The van der Waals surface area contributed by atoms with E-state index >= 15 is 0 Å². The maximum atomic E-state index is 12.5. The van der Waals surface area contributed by atoms with Gasteiger partial charge in [0.25, 0.3) is 0 Å². The van der Waals surface area contributed by atoms with Crippen LogP contribution in [0.3, 0.4) is 0 Å². The van der Waals surface area contributed by atoms with Gasteiger partial charge in [0.15, 0.2) is 0 Å². The highest BCUT2D eigenvalue weighted by Gasteiger charge is 2.49. The molecule has 2 N–H and O–H groups in total. The standard InChI is InChI=1S/C14H27N3O/c1-3-17(2)9-8-16-13(18)14-7-5-4-6-12(14)10-15-11-14/h12,15H,3-11H2,1-2H3,(H,16,18)/t12-,14+/m0/s1. The highest BCUT2D eigenvalue weighted by molar-refractivity contribution is 5.83. The minimum Gasteiger partial charge on any atom is -0.354 e. The molecule has 1 aliphatic heterocycles. The van der Waals surface area contributed by atoms with Crippen molar-refractivity contribution >= 4 is 5.91 Å². The summed E-state index contributed by atoms with van der Waals surface area (Å²) < 4.78 is 0. The molecule has 0 aromatic carbocycles. The van der Waals surface area contributed by atoms with Crippen LogP contribution in [0.15, 0.2) is 0 Å². The van der Waals surface area contributed by atoms with Gasteiger partial charge in [-0.2, -0.15) is 0 Å². The van der Waals surface area contributed by atoms with Crippen LogP contribution in [0.5, 0.6) is 0 Å². The van der Waals surface area contributed by atoms with Crippen LogP contribution < -0.4 is 10.6 Å². The van der Waals surface area contributed by atoms with Crippen molar-refractivity contribution in [1.29, 1.82) is 0 Å². The number of amides is 1. The molecule has 0 unspecified atom stereocenters. The normalized spacial score (nSPS) is 31.4. The largest absolute Gasteiger partial charge is 0.354 e. The molecule has 0 bridgehead atoms. The second-order valence-corrected chi connectivity index (χ2v) is 5.88. The van der Waals surface area contributed by atoms with Crippen LogP contribution in [0.1, 0.15) is 32.6 Å². The fraction of sp³-hybridized carbons (Fsp3) is 0.929. The van der Waals surface area contributed by atoms with Gasteiger partial charge in [0.2, 0.25) is 5.91 Å². The van der Waals surface area contributed by atoms with E-state index in [0.29, 0.717) is 11.8 Å². The van der Waals surface area contributed by atoms with Crippen molar-refractivity contribution < 1.29 is 4.79 Å². The van der Waals surface area contributed by atoms with Crippen LogP contribution in [0.4, 0.5) is 0 Å². The van der Waals surface area contributed by atoms with Gasteiger partial charge in [0, 0.05) is 19.6 Å². The Morgan fingerprint density at radius 1 is 1.50 bits per heavy atom. The van der Waals surface area contributed by atoms with Crippen molar-refractivity contribution in [2.24, 2.45) is 11.3 Å². The van der Waals surface area contributed by atoms with Gasteiger partial charge in [-0.05, 0) is 38.9 Å². The summed E-state index contributed by atoms with van der Waals surface area (Å²) in [5.74, 6) is 0.858. The van der Waals surface area contributed by atoms with E-state index in [0.717, 1.165) is 39.1 Å². The smallest absolute Gasteiger partial charge is 0.227 e. The summed E-state index contributed by atoms with van der Waals surface area (Å²) >= 11 is 0. The number of carbonyl (C=O) groups excluding carboxylic acids is 1. The maximum Gasteiger partial charge on any atom is 0.227 e. The lowest BCUT2D eigenvalue weighted by atomic mass is 9.67. The predicted molar refractivity (Wildman–Crippen MR) is 73.4 cm³/mol. The Balaban J connectivity index is 1.87. The van der Waals surface area contributed by atoms with Crippen molar-refractivity contribution in [2.45, 2.75) is 32.6 Å². The van der Waals surface area contributed by atoms with Crippen molar-refractivity contribution in [3.8, 4) is 0 Å². The Kier molecular flexibility index (Phi) is 4.62. The van der Waals surface area contributed by atoms with Gasteiger partial charge in [0.1, 0.15) is 0 Å². The first-order valence-corrected chi connectivity index (χ1v) is 7.36. The fourth-order valence-electron chi connectivity index (χ4n) is 3.38. The number of fused-ring (bicyclic) bond motifs is 1. The number of hydrogen-bond donors (Lipinski definition) is 2. The number of hydrogen-bond acceptors (Lipinski definition) is 3. The molecule has 1 heterocycles. The van der Waals surface area contributed by atoms with E-state index < -0.39 is 0 Å². The van der Waals surface area contributed by atoms with E-state index in [1.54, 1.807) is 0 Å². The van der Waals surface area contributed by atoms with Crippen LogP contribution in [-0.4, -0.2) is 50.6 Å². The van der Waals surface area contributed by atoms with Crippen molar-refractivity contribution in [1.82, 2.24) is 15.5 Å². The third kappa shape index (κ3) is 2.69. The monoisotopic (exact) mass is 253 g/mol. The topological polar surface area (TPSA) is 44.4 Å². The molecule has 0 radical (unpaired) electrons. The zero-order valence-electron chi connectivity index (χ0n) is 11.8. The van der Waals surface area contributed by atoms with Gasteiger partial charge in [0.05, 0.1) is 5.41 Å². The maximum absolute atomic E-state index is 12.5. The van der Waals surface area contributed by atoms with E-state index in [-0.39, 0.29) is 5.41 Å². The molecule has 2 aliphatic rings. The summed E-state index contributed by atoms with van der Waals surface area (Å²) in [7, 11) is 2.09. The Hall–Kier alpha value is -0.610. The summed E-state index contributed by atoms with van der Waals surface area (Å²) in [5, 5.41) is 6.58. The lowest BCUT2D eigenvalue weighted by molar-refractivity contribution is -0.134. The molecule has 2 atom stereocenters. The minimum absolute atomic E-state index is 0.0942. The number of rotatable bonds is 5. The zero-order chi connectivity index (χ0) is 13.0. The molecule has 18 heavy (non-hydrogen) atoms. The number of nitrogens with one attached hydrogen (secondary N) is 2. The van der Waals surface area contributed by atoms with E-state index in [1.807, 2.05) is 0 Å². The van der Waals surface area contributed by atoms with Gasteiger partial charge in [-0.1, -0.05) is 19.8 Å². The third-order valence-corrected chi connectivity index (χ3v) is 4.81. The first-order valence-electron chi connectivity index (χ1n) is 7.36. The molecule has 4 heteroatoms. The van der Waals surface area contributed by atoms with Crippen LogP contribution in [0, 0.1) is 11.3 Å². The third-order valence-electron chi connectivity index (χ3n) is 4.81. The molecule has 2 fully saturated rings. The van der Waals surface area contributed by atoms with E-state index in [2.05, 4.69) is 29.5 Å². The number of carbonyl (C=O) groups is 1. The van der Waals surface area contributed by atoms with E-state index in [4.69, 9.17) is 0 Å². The summed E-state index contributed by atoms with van der Waals surface area (Å²) in [5.41, 5.74) is -0.0942. The highest BCUT2D eigenvalue weighted by Crippen LogP contribution is 2.43. The number of likely N-dealkylation sites (N-methyl/N-ethyl adjacent to an activating group) is 1. The van der Waals surface area contributed by atoms with Gasteiger partial charge in [-0.3, -0.25) is 4.79 Å². The van der Waals surface area contributed by atoms with Gasteiger partial charge in [-0.25, -0.2) is 0 Å². The average Bonchev–Trinajstić information content (AvgIpc) is 2.83. The predicted octanol–water partition coefficient (Wildman–Crippen LogP) is 0.834. The van der Waals surface area contributed by atoms with E-state index in [9.17, 15) is 4.79 Å². The zero-order valence-corrected chi connectivity index (χ0v) is 11.8. The highest BCUT2D eigenvalue weighted by atomic mass is 16.2. The van der Waals surface area contributed by atoms with Crippen molar-refractivity contribution in [2.75, 3.05) is 39.8 Å². The first-order chi connectivity index (χ1) is 8.69. The molecule has 1 amide bonds. The average molecular weight is 253 g/mol. The summed E-state index contributed by atoms with van der Waals surface area (Å²) in [6.07, 6.45) is 4.79. The second-order valence-electron chi connectivity index (χ2n) is 5.88. The molecule has 1 aliphatic carbocycles. The van der Waals surface area contributed by atoms with Crippen LogP contribution >= 0.6 is 0 Å². The second kappa shape index (κ2) is 6.02. The van der Waals surface area contributed by atoms with Gasteiger partial charge in [-0.15, -0.1) is 0 Å². The Bertz CT molecular complexity index is 295. The molecule has 0 aromatic heterocycles. The molecule has 0 spiro atoms. The van der Waals surface area contributed by atoms with E-state index in [1.165, 1.54) is 19.3 Å². The van der Waals surface area contributed by atoms with Gasteiger partial charge >= 0.3 is 0 Å². The Labute approximate surface area is 110 Å². The minimum atomic E-state index is -0.0942. The van der Waals surface area contributed by atoms with Crippen LogP contribution in [0.25, 0.3) is 0 Å². The molecule has 4 nitrogen and oxygen atoms in total. The van der Waals surface area contributed by atoms with Gasteiger partial charge < -0.3 is 15.5 Å². The summed E-state index contributed by atoms with van der Waals surface area (Å²) in [4.78, 5) is 14.7. The molecule has 0 aromatic rings. The lowest BCUT2D eigenvalue weighted by Crippen LogP contribution is -2.49. The lowest BCUT2D eigenvalue weighted by Gasteiger charge is -2.37. The van der Waals surface area contributed by atoms with Crippen molar-refractivity contribution in [3.63, 3.8) is 0 Å². The summed E-state index contributed by atoms with van der Waals surface area (Å²) in [6, 6.07) is 0. The fourth-order valence-corrected chi connectivity index (χ4v) is 3.38. The van der Waals surface area contributed by atoms with Crippen LogP contribution in [0.2, 0.25) is 0 Å². The molecule has 1 saturated heterocycles. The quantitative estimate of drug-likeness (QED) is 0.763. The molecule has 104 valence electrons. The Morgan fingerprint density at radius 2 is 2.33 bits per heavy atom. The first kappa shape index (κ1) is 13.8.